The van der Waals surface area contributed by atoms with Crippen molar-refractivity contribution in [1.29, 1.82) is 0 Å². The molecule has 0 saturated heterocycles. The van der Waals surface area contributed by atoms with Crippen LogP contribution in [0.15, 0.2) is 0 Å². The molecule has 0 aromatic rings. The second-order valence-corrected chi connectivity index (χ2v) is 6.67. The quantitative estimate of drug-likeness (QED) is 0.329. The van der Waals surface area contributed by atoms with Crippen molar-refractivity contribution in [3.8, 4) is 0 Å². The van der Waals surface area contributed by atoms with Gasteiger partial charge in [-0.2, -0.15) is 0 Å². The molecule has 0 aliphatic heterocycles. The Bertz CT molecular complexity index is 495. The highest BCUT2D eigenvalue weighted by Crippen LogP contribution is 2.08. The van der Waals surface area contributed by atoms with Crippen LogP contribution in [0.5, 0.6) is 0 Å². The molecule has 0 saturated carbocycles. The third-order valence-corrected chi connectivity index (χ3v) is 3.92. The van der Waals surface area contributed by atoms with Gasteiger partial charge in [-0.1, -0.05) is 34.1 Å². The molecule has 0 spiro atoms. The number of carboxylic acid groups (broad SMARTS) is 1. The molecule has 0 aromatic heterocycles. The van der Waals surface area contributed by atoms with Gasteiger partial charge < -0.3 is 27.2 Å². The molecule has 0 aliphatic rings. The Morgan fingerprint density at radius 3 is 1.92 bits per heavy atom. The van der Waals surface area contributed by atoms with Crippen LogP contribution >= 0.6 is 0 Å². The average Bonchev–Trinajstić information content (AvgIpc) is 2.50. The van der Waals surface area contributed by atoms with E-state index in [1.54, 1.807) is 6.92 Å². The smallest absolute Gasteiger partial charge is 0.326 e. The molecule has 0 rings (SSSR count). The van der Waals surface area contributed by atoms with Gasteiger partial charge in [-0.3, -0.25) is 14.4 Å². The minimum atomic E-state index is -1.27. The van der Waals surface area contributed by atoms with Gasteiger partial charge in [0.05, 0.1) is 12.5 Å². The van der Waals surface area contributed by atoms with Crippen LogP contribution in [0.25, 0.3) is 0 Å². The zero-order chi connectivity index (χ0) is 19.7. The first kappa shape index (κ1) is 22.8. The lowest BCUT2D eigenvalue weighted by Gasteiger charge is -2.24. The van der Waals surface area contributed by atoms with Gasteiger partial charge in [-0.05, 0) is 18.3 Å². The molecule has 0 fully saturated rings. The Labute approximate surface area is 147 Å². The van der Waals surface area contributed by atoms with Crippen LogP contribution in [0, 0.1) is 11.8 Å². The number of amides is 3. The summed E-state index contributed by atoms with van der Waals surface area (Å²) in [6, 6.07) is -3.24. The Morgan fingerprint density at radius 2 is 1.52 bits per heavy atom. The van der Waals surface area contributed by atoms with Gasteiger partial charge in [0.25, 0.3) is 0 Å². The van der Waals surface area contributed by atoms with E-state index in [1.807, 2.05) is 20.8 Å². The predicted molar refractivity (Wildman–Crippen MR) is 92.2 cm³/mol. The first-order valence-electron chi connectivity index (χ1n) is 8.36. The summed E-state index contributed by atoms with van der Waals surface area (Å²) >= 11 is 0. The molecule has 25 heavy (non-hydrogen) atoms. The number of nitrogens with two attached hydrogens (primary N) is 2. The molecule has 0 bridgehead atoms. The summed E-state index contributed by atoms with van der Waals surface area (Å²) in [6.45, 7) is 7.29. The number of aliphatic carboxylic acids is 1. The van der Waals surface area contributed by atoms with E-state index in [-0.39, 0.29) is 18.3 Å². The molecule has 4 atom stereocenters. The molecule has 9 heteroatoms. The number of carbonyl (C=O) groups excluding carboxylic acids is 3. The SMILES string of the molecule is CC[C@H](C)[C@H](N)C(=O)N[C@@H](CC(N)=O)C(=O)N[C@@H](CC(C)C)C(=O)O. The third kappa shape index (κ3) is 8.48. The lowest BCUT2D eigenvalue weighted by atomic mass is 9.98. The van der Waals surface area contributed by atoms with Gasteiger partial charge in [0, 0.05) is 0 Å². The van der Waals surface area contributed by atoms with Crippen molar-refractivity contribution < 1.29 is 24.3 Å². The van der Waals surface area contributed by atoms with Crippen molar-refractivity contribution in [2.45, 2.75) is 65.1 Å². The van der Waals surface area contributed by atoms with Gasteiger partial charge in [-0.15, -0.1) is 0 Å². The van der Waals surface area contributed by atoms with Crippen LogP contribution in [-0.4, -0.2) is 46.9 Å². The van der Waals surface area contributed by atoms with E-state index in [9.17, 15) is 24.3 Å². The van der Waals surface area contributed by atoms with Crippen molar-refractivity contribution in [3.05, 3.63) is 0 Å². The molecular formula is C16H30N4O5. The molecule has 3 amide bonds. The first-order chi connectivity index (χ1) is 11.5. The Morgan fingerprint density at radius 1 is 1.00 bits per heavy atom. The van der Waals surface area contributed by atoms with E-state index in [2.05, 4.69) is 10.6 Å². The fourth-order valence-corrected chi connectivity index (χ4v) is 2.16. The van der Waals surface area contributed by atoms with Crippen molar-refractivity contribution in [2.75, 3.05) is 0 Å². The van der Waals surface area contributed by atoms with E-state index in [1.165, 1.54) is 0 Å². The maximum Gasteiger partial charge on any atom is 0.326 e. The molecule has 0 unspecified atom stereocenters. The molecule has 9 nitrogen and oxygen atoms in total. The standard InChI is InChI=1S/C16H30N4O5/c1-5-9(4)13(18)15(23)19-10(7-12(17)21)14(22)20-11(16(24)25)6-8(2)3/h8-11,13H,5-7,18H2,1-4H3,(H2,17,21)(H,19,23)(H,20,22)(H,24,25)/t9-,10-,11-,13-/m0/s1. The summed E-state index contributed by atoms with van der Waals surface area (Å²) in [6.07, 6.45) is 0.431. The van der Waals surface area contributed by atoms with Crippen molar-refractivity contribution >= 4 is 23.7 Å². The molecule has 0 aromatic carbocycles. The monoisotopic (exact) mass is 358 g/mol. The summed E-state index contributed by atoms with van der Waals surface area (Å²) in [5, 5.41) is 13.9. The number of rotatable bonds is 11. The van der Waals surface area contributed by atoms with Crippen LogP contribution < -0.4 is 22.1 Å². The summed E-state index contributed by atoms with van der Waals surface area (Å²) in [4.78, 5) is 46.9. The fraction of sp³-hybridized carbons (Fsp3) is 0.750. The Balaban J connectivity index is 5.11. The first-order valence-corrected chi connectivity index (χ1v) is 8.36. The second kappa shape index (κ2) is 10.7. The Hall–Kier alpha value is -2.16. The zero-order valence-electron chi connectivity index (χ0n) is 15.2. The van der Waals surface area contributed by atoms with Gasteiger partial charge >= 0.3 is 5.97 Å². The molecule has 144 valence electrons. The van der Waals surface area contributed by atoms with Crippen molar-refractivity contribution in [1.82, 2.24) is 10.6 Å². The van der Waals surface area contributed by atoms with Gasteiger partial charge in [0.2, 0.25) is 17.7 Å². The summed E-state index contributed by atoms with van der Waals surface area (Å²) < 4.78 is 0. The van der Waals surface area contributed by atoms with Gasteiger partial charge in [-0.25, -0.2) is 4.79 Å². The van der Waals surface area contributed by atoms with E-state index >= 15 is 0 Å². The molecule has 0 aliphatic carbocycles. The summed E-state index contributed by atoms with van der Waals surface area (Å²) in [5.41, 5.74) is 10.9. The highest BCUT2D eigenvalue weighted by Gasteiger charge is 2.30. The van der Waals surface area contributed by atoms with E-state index in [4.69, 9.17) is 11.5 Å². The lowest BCUT2D eigenvalue weighted by Crippen LogP contribution is -2.56. The lowest BCUT2D eigenvalue weighted by molar-refractivity contribution is -0.142. The zero-order valence-corrected chi connectivity index (χ0v) is 15.2. The van der Waals surface area contributed by atoms with Crippen molar-refractivity contribution in [3.63, 3.8) is 0 Å². The van der Waals surface area contributed by atoms with E-state index < -0.39 is 48.2 Å². The predicted octanol–water partition coefficient (Wildman–Crippen LogP) is -0.664. The number of nitrogens with one attached hydrogen (secondary N) is 2. The maximum atomic E-state index is 12.3. The second-order valence-electron chi connectivity index (χ2n) is 6.67. The number of carboxylic acids is 1. The summed E-state index contributed by atoms with van der Waals surface area (Å²) in [5.74, 6) is -3.45. The highest BCUT2D eigenvalue weighted by molar-refractivity contribution is 5.94. The normalized spacial score (nSPS) is 15.8. The van der Waals surface area contributed by atoms with Gasteiger partial charge in [0.15, 0.2) is 0 Å². The largest absolute Gasteiger partial charge is 0.480 e. The molecule has 0 heterocycles. The van der Waals surface area contributed by atoms with E-state index in [0.29, 0.717) is 6.42 Å². The minimum absolute atomic E-state index is 0.0319. The van der Waals surface area contributed by atoms with Crippen molar-refractivity contribution in [2.24, 2.45) is 23.3 Å². The topological polar surface area (TPSA) is 165 Å². The maximum absolute atomic E-state index is 12.3. The molecule has 0 radical (unpaired) electrons. The number of hydrogen-bond acceptors (Lipinski definition) is 5. The third-order valence-electron chi connectivity index (χ3n) is 3.92. The van der Waals surface area contributed by atoms with Gasteiger partial charge in [0.1, 0.15) is 12.1 Å². The van der Waals surface area contributed by atoms with Crippen LogP contribution in [0.4, 0.5) is 0 Å². The molecular weight excluding hydrogens is 328 g/mol. The number of carbonyl (C=O) groups is 4. The summed E-state index contributed by atoms with van der Waals surface area (Å²) in [7, 11) is 0. The van der Waals surface area contributed by atoms with Crippen LogP contribution in [0.1, 0.15) is 47.0 Å². The number of primary amides is 1. The molecule has 7 N–H and O–H groups in total. The Kier molecular flexibility index (Phi) is 9.73. The minimum Gasteiger partial charge on any atom is -0.480 e. The van der Waals surface area contributed by atoms with Crippen LogP contribution in [0.3, 0.4) is 0 Å². The average molecular weight is 358 g/mol. The number of hydrogen-bond donors (Lipinski definition) is 5. The van der Waals surface area contributed by atoms with E-state index in [0.717, 1.165) is 0 Å². The van der Waals surface area contributed by atoms with Crippen LogP contribution in [0.2, 0.25) is 0 Å². The van der Waals surface area contributed by atoms with Crippen LogP contribution in [-0.2, 0) is 19.2 Å². The highest BCUT2D eigenvalue weighted by atomic mass is 16.4. The fourth-order valence-electron chi connectivity index (χ4n) is 2.16.